The van der Waals surface area contributed by atoms with Crippen molar-refractivity contribution in [3.63, 3.8) is 0 Å². The Morgan fingerprint density at radius 1 is 0.964 bits per heavy atom. The molecule has 1 aliphatic rings. The molecule has 1 fully saturated rings. The monoisotopic (exact) mass is 392 g/mol. The SMILES string of the molecule is CN1CCN(c2ccc(NC(=S)Nc3cc(-c4ccccc4)[nH]n3)cc2)CC1. The molecular weight excluding hydrogens is 368 g/mol. The molecule has 3 aromatic rings. The molecule has 1 aromatic heterocycles. The zero-order valence-corrected chi connectivity index (χ0v) is 16.7. The van der Waals surface area contributed by atoms with Gasteiger partial charge in [-0.3, -0.25) is 5.10 Å². The number of rotatable bonds is 4. The standard InChI is InChI=1S/C21H24N6S/c1-26-11-13-27(14-12-26)18-9-7-17(8-10-18)22-21(28)23-20-15-19(24-25-20)16-5-3-2-4-6-16/h2-10,15H,11-14H2,1H3,(H3,22,23,24,25,28). The van der Waals surface area contributed by atoms with Crippen LogP contribution in [-0.2, 0) is 0 Å². The Balaban J connectivity index is 1.33. The molecule has 0 saturated carbocycles. The predicted octanol–water partition coefficient (Wildman–Crippen LogP) is 3.64. The zero-order chi connectivity index (χ0) is 19.3. The molecule has 0 amide bonds. The van der Waals surface area contributed by atoms with Gasteiger partial charge in [-0.15, -0.1) is 0 Å². The van der Waals surface area contributed by atoms with Crippen molar-refractivity contribution in [3.8, 4) is 11.3 Å². The van der Waals surface area contributed by atoms with E-state index in [2.05, 4.69) is 61.9 Å². The normalized spacial score (nSPS) is 14.7. The minimum absolute atomic E-state index is 0.512. The third kappa shape index (κ3) is 4.49. The summed E-state index contributed by atoms with van der Waals surface area (Å²) in [6.07, 6.45) is 0. The molecule has 28 heavy (non-hydrogen) atoms. The van der Waals surface area contributed by atoms with Crippen LogP contribution in [0.2, 0.25) is 0 Å². The fourth-order valence-corrected chi connectivity index (χ4v) is 3.47. The van der Waals surface area contributed by atoms with Crippen LogP contribution in [0.15, 0.2) is 60.7 Å². The van der Waals surface area contributed by atoms with Gasteiger partial charge in [-0.25, -0.2) is 0 Å². The second-order valence-electron chi connectivity index (χ2n) is 6.95. The number of nitrogens with one attached hydrogen (secondary N) is 3. The van der Waals surface area contributed by atoms with E-state index in [4.69, 9.17) is 12.2 Å². The lowest BCUT2D eigenvalue weighted by atomic mass is 10.2. The van der Waals surface area contributed by atoms with Gasteiger partial charge in [-0.2, -0.15) is 5.10 Å². The summed E-state index contributed by atoms with van der Waals surface area (Å²) in [6, 6.07) is 20.4. The predicted molar refractivity (Wildman–Crippen MR) is 120 cm³/mol. The van der Waals surface area contributed by atoms with Crippen molar-refractivity contribution in [2.75, 3.05) is 48.8 Å². The van der Waals surface area contributed by atoms with Gasteiger partial charge in [0.15, 0.2) is 10.9 Å². The van der Waals surface area contributed by atoms with Crippen LogP contribution in [0.3, 0.4) is 0 Å². The number of piperazine rings is 1. The van der Waals surface area contributed by atoms with E-state index < -0.39 is 0 Å². The number of thiocarbonyl (C=S) groups is 1. The van der Waals surface area contributed by atoms with Crippen molar-refractivity contribution in [3.05, 3.63) is 60.7 Å². The van der Waals surface area contributed by atoms with Crippen LogP contribution in [0.5, 0.6) is 0 Å². The molecule has 2 heterocycles. The summed E-state index contributed by atoms with van der Waals surface area (Å²) >= 11 is 5.42. The van der Waals surface area contributed by atoms with Crippen LogP contribution >= 0.6 is 12.2 Å². The van der Waals surface area contributed by atoms with Crippen LogP contribution in [0, 0.1) is 0 Å². The maximum Gasteiger partial charge on any atom is 0.176 e. The molecule has 1 aliphatic heterocycles. The Bertz CT molecular complexity index is 914. The lowest BCUT2D eigenvalue weighted by molar-refractivity contribution is 0.313. The van der Waals surface area contributed by atoms with Crippen LogP contribution in [-0.4, -0.2) is 53.4 Å². The summed E-state index contributed by atoms with van der Waals surface area (Å²) in [5.74, 6) is 0.686. The van der Waals surface area contributed by atoms with E-state index in [1.165, 1.54) is 5.69 Å². The average molecular weight is 393 g/mol. The quantitative estimate of drug-likeness (QED) is 0.590. The molecule has 0 aliphatic carbocycles. The number of hydrogen-bond donors (Lipinski definition) is 3. The van der Waals surface area contributed by atoms with Crippen molar-refractivity contribution in [1.29, 1.82) is 0 Å². The third-order valence-electron chi connectivity index (χ3n) is 4.90. The molecular formula is C21H24N6S. The van der Waals surface area contributed by atoms with E-state index in [0.29, 0.717) is 10.9 Å². The van der Waals surface area contributed by atoms with Crippen LogP contribution in [0.4, 0.5) is 17.2 Å². The molecule has 7 heteroatoms. The number of H-pyrrole nitrogens is 1. The highest BCUT2D eigenvalue weighted by atomic mass is 32.1. The molecule has 0 bridgehead atoms. The van der Waals surface area contributed by atoms with E-state index in [0.717, 1.165) is 43.1 Å². The highest BCUT2D eigenvalue weighted by Crippen LogP contribution is 2.21. The van der Waals surface area contributed by atoms with Gasteiger partial charge in [-0.1, -0.05) is 30.3 Å². The molecule has 0 atom stereocenters. The molecule has 144 valence electrons. The maximum absolute atomic E-state index is 5.42. The average Bonchev–Trinajstić information content (AvgIpc) is 3.18. The largest absolute Gasteiger partial charge is 0.369 e. The van der Waals surface area contributed by atoms with Gasteiger partial charge < -0.3 is 20.4 Å². The van der Waals surface area contributed by atoms with Gasteiger partial charge >= 0.3 is 0 Å². The lowest BCUT2D eigenvalue weighted by Crippen LogP contribution is -2.44. The summed E-state index contributed by atoms with van der Waals surface area (Å²) in [5, 5.41) is 14.2. The highest BCUT2D eigenvalue weighted by Gasteiger charge is 2.14. The van der Waals surface area contributed by atoms with Crippen molar-refractivity contribution < 1.29 is 0 Å². The van der Waals surface area contributed by atoms with Crippen LogP contribution in [0.25, 0.3) is 11.3 Å². The van der Waals surface area contributed by atoms with Gasteiger partial charge in [-0.05, 0) is 49.1 Å². The Morgan fingerprint density at radius 2 is 1.68 bits per heavy atom. The van der Waals surface area contributed by atoms with Crippen molar-refractivity contribution >= 4 is 34.5 Å². The number of hydrogen-bond acceptors (Lipinski definition) is 4. The molecule has 0 radical (unpaired) electrons. The van der Waals surface area contributed by atoms with E-state index >= 15 is 0 Å². The Labute approximate surface area is 170 Å². The first kappa shape index (κ1) is 18.5. The Morgan fingerprint density at radius 3 is 2.39 bits per heavy atom. The minimum atomic E-state index is 0.512. The highest BCUT2D eigenvalue weighted by molar-refractivity contribution is 7.80. The summed E-state index contributed by atoms with van der Waals surface area (Å²) < 4.78 is 0. The molecule has 3 N–H and O–H groups in total. The van der Waals surface area contributed by atoms with Crippen molar-refractivity contribution in [1.82, 2.24) is 15.1 Å². The summed E-state index contributed by atoms with van der Waals surface area (Å²) in [5.41, 5.74) is 4.23. The lowest BCUT2D eigenvalue weighted by Gasteiger charge is -2.34. The fourth-order valence-electron chi connectivity index (χ4n) is 3.25. The van der Waals surface area contributed by atoms with E-state index in [9.17, 15) is 0 Å². The first-order valence-corrected chi connectivity index (χ1v) is 9.80. The summed E-state index contributed by atoms with van der Waals surface area (Å²) in [6.45, 7) is 4.32. The van der Waals surface area contributed by atoms with Gasteiger partial charge in [0.1, 0.15) is 0 Å². The fraction of sp³-hybridized carbons (Fsp3) is 0.238. The number of aromatic nitrogens is 2. The molecule has 4 rings (SSSR count). The number of benzene rings is 2. The number of likely N-dealkylation sites (N-methyl/N-ethyl adjacent to an activating group) is 1. The third-order valence-corrected chi connectivity index (χ3v) is 5.10. The number of anilines is 3. The molecule has 0 unspecified atom stereocenters. The molecule has 1 saturated heterocycles. The van der Waals surface area contributed by atoms with E-state index in [-0.39, 0.29) is 0 Å². The van der Waals surface area contributed by atoms with E-state index in [1.807, 2.05) is 36.4 Å². The second-order valence-corrected chi connectivity index (χ2v) is 7.36. The van der Waals surface area contributed by atoms with Gasteiger partial charge in [0, 0.05) is 43.6 Å². The molecule has 2 aromatic carbocycles. The van der Waals surface area contributed by atoms with E-state index in [1.54, 1.807) is 0 Å². The zero-order valence-electron chi connectivity index (χ0n) is 15.9. The van der Waals surface area contributed by atoms with Crippen LogP contribution in [0.1, 0.15) is 0 Å². The van der Waals surface area contributed by atoms with Gasteiger partial charge in [0.05, 0.1) is 5.69 Å². The summed E-state index contributed by atoms with van der Waals surface area (Å²) in [4.78, 5) is 4.77. The molecule has 6 nitrogen and oxygen atoms in total. The first-order valence-electron chi connectivity index (χ1n) is 9.40. The Hall–Kier alpha value is -2.90. The van der Waals surface area contributed by atoms with Crippen LogP contribution < -0.4 is 15.5 Å². The smallest absolute Gasteiger partial charge is 0.176 e. The summed E-state index contributed by atoms with van der Waals surface area (Å²) in [7, 11) is 2.17. The first-order chi connectivity index (χ1) is 13.7. The maximum atomic E-state index is 5.42. The number of nitrogens with zero attached hydrogens (tertiary/aromatic N) is 3. The topological polar surface area (TPSA) is 59.2 Å². The molecule has 0 spiro atoms. The minimum Gasteiger partial charge on any atom is -0.369 e. The Kier molecular flexibility index (Phi) is 5.55. The van der Waals surface area contributed by atoms with Gasteiger partial charge in [0.2, 0.25) is 0 Å². The second kappa shape index (κ2) is 8.41. The number of aromatic amines is 1. The van der Waals surface area contributed by atoms with Crippen molar-refractivity contribution in [2.24, 2.45) is 0 Å². The van der Waals surface area contributed by atoms with Gasteiger partial charge in [0.25, 0.3) is 0 Å². The van der Waals surface area contributed by atoms with Crippen molar-refractivity contribution in [2.45, 2.75) is 0 Å².